The minimum absolute atomic E-state index is 0.627. The molecule has 1 saturated carbocycles. The lowest BCUT2D eigenvalue weighted by molar-refractivity contribution is 0.695. The van der Waals surface area contributed by atoms with Gasteiger partial charge in [-0.2, -0.15) is 0 Å². The van der Waals surface area contributed by atoms with E-state index in [1.165, 1.54) is 6.42 Å². The predicted molar refractivity (Wildman–Crippen MR) is 39.5 cm³/mol. The first kappa shape index (κ1) is 5.77. The molecule has 1 aliphatic rings. The van der Waals surface area contributed by atoms with Gasteiger partial charge in [0.25, 0.3) is 0 Å². The van der Waals surface area contributed by atoms with Crippen LogP contribution < -0.4 is 5.73 Å². The molecule has 2 rings (SSSR count). The van der Waals surface area contributed by atoms with Crippen molar-refractivity contribution in [1.29, 1.82) is 0 Å². The van der Waals surface area contributed by atoms with Crippen LogP contribution in [0.25, 0.3) is 0 Å². The Labute approximate surface area is 59.9 Å². The molecule has 1 aromatic rings. The zero-order chi connectivity index (χ0) is 7.14. The van der Waals surface area contributed by atoms with Gasteiger partial charge >= 0.3 is 0 Å². The summed E-state index contributed by atoms with van der Waals surface area (Å²) < 4.78 is 2.05. The van der Waals surface area contributed by atoms with Gasteiger partial charge in [0.1, 0.15) is 0 Å². The number of aromatic nitrogens is 2. The third kappa shape index (κ3) is 0.701. The number of nitrogens with two attached hydrogens (primary N) is 1. The number of imidazole rings is 1. The molecular weight excluding hydrogens is 126 g/mol. The molecule has 54 valence electrons. The van der Waals surface area contributed by atoms with Crippen molar-refractivity contribution in [1.82, 2.24) is 9.55 Å². The average Bonchev–Trinajstić information content (AvgIpc) is 2.42. The van der Waals surface area contributed by atoms with Crippen LogP contribution in [-0.2, 0) is 0 Å². The second-order valence-corrected chi connectivity index (χ2v) is 2.97. The molecule has 0 saturated heterocycles. The molecule has 0 spiro atoms. The van der Waals surface area contributed by atoms with Gasteiger partial charge in [-0.15, -0.1) is 0 Å². The number of nitrogen functional groups attached to an aromatic ring is 1. The maximum absolute atomic E-state index is 5.60. The Morgan fingerprint density at radius 1 is 1.80 bits per heavy atom. The number of anilines is 1. The van der Waals surface area contributed by atoms with E-state index in [0.717, 1.165) is 5.92 Å². The van der Waals surface area contributed by atoms with Crippen molar-refractivity contribution in [3.05, 3.63) is 12.4 Å². The molecule has 10 heavy (non-hydrogen) atoms. The van der Waals surface area contributed by atoms with E-state index in [9.17, 15) is 0 Å². The Morgan fingerprint density at radius 2 is 2.50 bits per heavy atom. The summed E-state index contributed by atoms with van der Waals surface area (Å²) in [5.41, 5.74) is 5.60. The van der Waals surface area contributed by atoms with Crippen molar-refractivity contribution < 1.29 is 0 Å². The second-order valence-electron chi connectivity index (χ2n) is 2.97. The van der Waals surface area contributed by atoms with Gasteiger partial charge in [-0.05, 0) is 12.3 Å². The quantitative estimate of drug-likeness (QED) is 0.628. The molecule has 0 radical (unpaired) electrons. The molecular formula is C7H11N3. The fourth-order valence-corrected chi connectivity index (χ4v) is 1.30. The molecule has 1 aliphatic carbocycles. The van der Waals surface area contributed by atoms with Gasteiger partial charge in [-0.3, -0.25) is 0 Å². The fourth-order valence-electron chi connectivity index (χ4n) is 1.30. The van der Waals surface area contributed by atoms with Crippen molar-refractivity contribution in [3.8, 4) is 0 Å². The summed E-state index contributed by atoms with van der Waals surface area (Å²) in [4.78, 5) is 3.95. The maximum Gasteiger partial charge on any atom is 0.200 e. The Hall–Kier alpha value is -0.990. The molecule has 3 heteroatoms. The molecule has 0 bridgehead atoms. The van der Waals surface area contributed by atoms with Gasteiger partial charge in [0, 0.05) is 18.4 Å². The molecule has 0 aromatic carbocycles. The number of hydrogen-bond acceptors (Lipinski definition) is 2. The van der Waals surface area contributed by atoms with E-state index in [-0.39, 0.29) is 0 Å². The highest BCUT2D eigenvalue weighted by Gasteiger charge is 2.34. The summed E-state index contributed by atoms with van der Waals surface area (Å²) in [6.07, 6.45) is 4.95. The zero-order valence-corrected chi connectivity index (χ0v) is 5.99. The molecule has 0 aliphatic heterocycles. The third-order valence-electron chi connectivity index (χ3n) is 2.12. The van der Waals surface area contributed by atoms with Crippen molar-refractivity contribution in [3.63, 3.8) is 0 Å². The van der Waals surface area contributed by atoms with E-state index in [0.29, 0.717) is 12.0 Å². The van der Waals surface area contributed by atoms with Crippen LogP contribution in [0.15, 0.2) is 12.4 Å². The van der Waals surface area contributed by atoms with E-state index < -0.39 is 0 Å². The predicted octanol–water partition coefficient (Wildman–Crippen LogP) is 1.05. The molecule has 2 unspecified atom stereocenters. The first-order chi connectivity index (χ1) is 4.79. The van der Waals surface area contributed by atoms with E-state index in [4.69, 9.17) is 5.73 Å². The van der Waals surface area contributed by atoms with Crippen LogP contribution in [-0.4, -0.2) is 9.55 Å². The summed E-state index contributed by atoms with van der Waals surface area (Å²) in [5, 5.41) is 0. The van der Waals surface area contributed by atoms with E-state index in [1.807, 2.05) is 10.8 Å². The molecule has 1 aromatic heterocycles. The monoisotopic (exact) mass is 137 g/mol. The van der Waals surface area contributed by atoms with Gasteiger partial charge in [0.05, 0.1) is 0 Å². The minimum Gasteiger partial charge on any atom is -0.369 e. The summed E-state index contributed by atoms with van der Waals surface area (Å²) in [6.45, 7) is 2.23. The second kappa shape index (κ2) is 1.75. The average molecular weight is 137 g/mol. The SMILES string of the molecule is CC1CC1n1ccnc1N. The Balaban J connectivity index is 2.26. The zero-order valence-electron chi connectivity index (χ0n) is 5.99. The van der Waals surface area contributed by atoms with Crippen molar-refractivity contribution in [2.24, 2.45) is 5.92 Å². The van der Waals surface area contributed by atoms with Gasteiger partial charge in [0.15, 0.2) is 5.95 Å². The third-order valence-corrected chi connectivity index (χ3v) is 2.12. The van der Waals surface area contributed by atoms with Gasteiger partial charge in [-0.1, -0.05) is 6.92 Å². The molecule has 2 N–H and O–H groups in total. The summed E-state index contributed by atoms with van der Waals surface area (Å²) in [7, 11) is 0. The molecule has 1 heterocycles. The van der Waals surface area contributed by atoms with Crippen molar-refractivity contribution in [2.75, 3.05) is 5.73 Å². The lowest BCUT2D eigenvalue weighted by Crippen LogP contribution is -2.00. The molecule has 3 nitrogen and oxygen atoms in total. The van der Waals surface area contributed by atoms with Crippen LogP contribution in [0, 0.1) is 5.92 Å². The Bertz CT molecular complexity index is 241. The van der Waals surface area contributed by atoms with Crippen LogP contribution in [0.3, 0.4) is 0 Å². The van der Waals surface area contributed by atoms with Crippen LogP contribution >= 0.6 is 0 Å². The molecule has 0 amide bonds. The maximum atomic E-state index is 5.60. The van der Waals surface area contributed by atoms with Crippen LogP contribution in [0.2, 0.25) is 0 Å². The Kier molecular flexibility index (Phi) is 1.01. The van der Waals surface area contributed by atoms with Gasteiger partial charge in [0.2, 0.25) is 0 Å². The smallest absolute Gasteiger partial charge is 0.200 e. The normalized spacial score (nSPS) is 30.5. The van der Waals surface area contributed by atoms with Crippen LogP contribution in [0.5, 0.6) is 0 Å². The summed E-state index contributed by atoms with van der Waals surface area (Å²) in [6, 6.07) is 0.627. The van der Waals surface area contributed by atoms with E-state index in [1.54, 1.807) is 6.20 Å². The van der Waals surface area contributed by atoms with E-state index >= 15 is 0 Å². The lowest BCUT2D eigenvalue weighted by atomic mass is 10.5. The van der Waals surface area contributed by atoms with Crippen LogP contribution in [0.4, 0.5) is 5.95 Å². The fraction of sp³-hybridized carbons (Fsp3) is 0.571. The van der Waals surface area contributed by atoms with E-state index in [2.05, 4.69) is 11.9 Å². The van der Waals surface area contributed by atoms with Gasteiger partial charge < -0.3 is 10.3 Å². The number of rotatable bonds is 1. The topological polar surface area (TPSA) is 43.8 Å². The first-order valence-electron chi connectivity index (χ1n) is 3.57. The number of nitrogens with zero attached hydrogens (tertiary/aromatic N) is 2. The summed E-state index contributed by atoms with van der Waals surface area (Å²) >= 11 is 0. The number of hydrogen-bond donors (Lipinski definition) is 1. The lowest BCUT2D eigenvalue weighted by Gasteiger charge is -1.99. The summed E-state index contributed by atoms with van der Waals surface area (Å²) in [5.74, 6) is 1.44. The standard InChI is InChI=1S/C7H11N3/c1-5-4-6(5)10-3-2-9-7(10)8/h2-3,5-6H,4H2,1H3,(H2,8,9). The largest absolute Gasteiger partial charge is 0.369 e. The highest BCUT2D eigenvalue weighted by molar-refractivity contribution is 5.20. The highest BCUT2D eigenvalue weighted by Crippen LogP contribution is 2.43. The highest BCUT2D eigenvalue weighted by atomic mass is 15.2. The molecule has 2 atom stereocenters. The van der Waals surface area contributed by atoms with Crippen LogP contribution in [0.1, 0.15) is 19.4 Å². The van der Waals surface area contributed by atoms with Crippen molar-refractivity contribution in [2.45, 2.75) is 19.4 Å². The first-order valence-corrected chi connectivity index (χ1v) is 3.57. The minimum atomic E-state index is 0.627. The molecule has 1 fully saturated rings. The van der Waals surface area contributed by atoms with Gasteiger partial charge in [-0.25, -0.2) is 4.98 Å². The van der Waals surface area contributed by atoms with Crippen molar-refractivity contribution >= 4 is 5.95 Å². The Morgan fingerprint density at radius 3 is 2.90 bits per heavy atom.